The molecule has 2 heterocycles. The minimum Gasteiger partial charge on any atom is -0.268 e. The van der Waals surface area contributed by atoms with Gasteiger partial charge in [-0.25, -0.2) is 4.98 Å². The van der Waals surface area contributed by atoms with Crippen LogP contribution in [0.25, 0.3) is 16.6 Å². The van der Waals surface area contributed by atoms with Gasteiger partial charge in [0.15, 0.2) is 10.8 Å². The number of benzene rings is 2. The number of thioether (sulfide) groups is 2. The summed E-state index contributed by atoms with van der Waals surface area (Å²) in [5, 5.41) is 9.32. The third kappa shape index (κ3) is 4.97. The highest BCUT2D eigenvalue weighted by Gasteiger charge is 2.38. The zero-order valence-electron chi connectivity index (χ0n) is 16.4. The van der Waals surface area contributed by atoms with Gasteiger partial charge in [-0.3, -0.25) is 9.36 Å². The molecule has 0 fully saturated rings. The smallest absolute Gasteiger partial charge is 0.268 e. The van der Waals surface area contributed by atoms with Crippen molar-refractivity contribution in [3.8, 4) is 18.0 Å². The Labute approximate surface area is 186 Å². The van der Waals surface area contributed by atoms with Crippen molar-refractivity contribution in [2.24, 2.45) is 10.2 Å². The Morgan fingerprint density at radius 3 is 2.52 bits per heavy atom. The largest absolute Gasteiger partial charge is 0.288 e. The predicted molar refractivity (Wildman–Crippen MR) is 120 cm³/mol. The van der Waals surface area contributed by atoms with Gasteiger partial charge in [0.05, 0.1) is 16.6 Å². The standard InChI is InChI=1S/C22H18F2N4OS2/c1-2-3-12-22(26-27-22)13-14-30-21-25-18-7-5-4-6-17(18)19(29)28(21)15-8-10-16(11-9-15)31-20(23)24/h1,4-11,20H,3,12-14H2. The van der Waals surface area contributed by atoms with E-state index in [4.69, 9.17) is 11.4 Å². The second-order valence-electron chi connectivity index (χ2n) is 6.91. The van der Waals surface area contributed by atoms with E-state index in [1.807, 2.05) is 6.07 Å². The highest BCUT2D eigenvalue weighted by molar-refractivity contribution is 7.99. The number of terminal acetylenes is 1. The molecule has 1 aliphatic heterocycles. The monoisotopic (exact) mass is 456 g/mol. The molecule has 1 aliphatic rings. The van der Waals surface area contributed by atoms with Crippen LogP contribution in [-0.2, 0) is 0 Å². The Morgan fingerprint density at radius 1 is 1.10 bits per heavy atom. The van der Waals surface area contributed by atoms with E-state index in [0.29, 0.717) is 63.4 Å². The number of aromatic nitrogens is 2. The first-order chi connectivity index (χ1) is 15.0. The number of fused-ring (bicyclic) bond motifs is 1. The van der Waals surface area contributed by atoms with Crippen molar-refractivity contribution in [2.45, 2.75) is 40.7 Å². The van der Waals surface area contributed by atoms with Gasteiger partial charge >= 0.3 is 0 Å². The van der Waals surface area contributed by atoms with Crippen LogP contribution in [0.3, 0.4) is 0 Å². The Bertz CT molecular complexity index is 1210. The summed E-state index contributed by atoms with van der Waals surface area (Å²) in [6, 6.07) is 13.6. The maximum absolute atomic E-state index is 13.3. The van der Waals surface area contributed by atoms with Crippen molar-refractivity contribution in [1.29, 1.82) is 0 Å². The first-order valence-corrected chi connectivity index (χ1v) is 11.5. The van der Waals surface area contributed by atoms with E-state index in [-0.39, 0.29) is 5.56 Å². The highest BCUT2D eigenvalue weighted by atomic mass is 32.2. The molecule has 0 N–H and O–H groups in total. The third-order valence-corrected chi connectivity index (χ3v) is 6.51. The van der Waals surface area contributed by atoms with Gasteiger partial charge in [-0.2, -0.15) is 19.0 Å². The van der Waals surface area contributed by atoms with Crippen LogP contribution in [0.1, 0.15) is 19.3 Å². The lowest BCUT2D eigenvalue weighted by molar-refractivity contribution is 0.252. The van der Waals surface area contributed by atoms with Gasteiger partial charge in [0.1, 0.15) is 0 Å². The Balaban J connectivity index is 1.64. The van der Waals surface area contributed by atoms with E-state index in [1.165, 1.54) is 16.3 Å². The number of halogens is 2. The van der Waals surface area contributed by atoms with E-state index in [9.17, 15) is 13.6 Å². The Hall–Kier alpha value is -2.70. The zero-order chi connectivity index (χ0) is 21.8. The van der Waals surface area contributed by atoms with E-state index >= 15 is 0 Å². The Kier molecular flexibility index (Phi) is 6.39. The van der Waals surface area contributed by atoms with E-state index in [0.717, 1.165) is 0 Å². The SMILES string of the molecule is C#CCCC1(CCSc2nc3ccccc3c(=O)n2-c2ccc(SC(F)F)cc2)N=N1. The molecule has 5 nitrogen and oxygen atoms in total. The normalized spacial score (nSPS) is 14.1. The molecule has 0 unspecified atom stereocenters. The lowest BCUT2D eigenvalue weighted by Gasteiger charge is -2.14. The summed E-state index contributed by atoms with van der Waals surface area (Å²) in [4.78, 5) is 18.4. The molecular formula is C22H18F2N4OS2. The first-order valence-electron chi connectivity index (χ1n) is 9.59. The molecule has 0 saturated carbocycles. The molecular weight excluding hydrogens is 438 g/mol. The van der Waals surface area contributed by atoms with Gasteiger partial charge in [-0.15, -0.1) is 12.3 Å². The van der Waals surface area contributed by atoms with Crippen molar-refractivity contribution in [3.05, 3.63) is 58.9 Å². The summed E-state index contributed by atoms with van der Waals surface area (Å²) in [6.45, 7) is 0. The van der Waals surface area contributed by atoms with E-state index < -0.39 is 11.4 Å². The molecule has 31 heavy (non-hydrogen) atoms. The Morgan fingerprint density at radius 2 is 1.84 bits per heavy atom. The van der Waals surface area contributed by atoms with Crippen molar-refractivity contribution < 1.29 is 8.78 Å². The van der Waals surface area contributed by atoms with Gasteiger partial charge in [0, 0.05) is 29.9 Å². The molecule has 0 radical (unpaired) electrons. The van der Waals surface area contributed by atoms with Crippen LogP contribution >= 0.6 is 23.5 Å². The van der Waals surface area contributed by atoms with Crippen molar-refractivity contribution >= 4 is 34.4 Å². The highest BCUT2D eigenvalue weighted by Crippen LogP contribution is 2.38. The molecule has 0 saturated heterocycles. The van der Waals surface area contributed by atoms with Crippen LogP contribution in [0, 0.1) is 12.3 Å². The zero-order valence-corrected chi connectivity index (χ0v) is 18.0. The minimum absolute atomic E-state index is 0.204. The van der Waals surface area contributed by atoms with E-state index in [1.54, 1.807) is 42.5 Å². The number of hydrogen-bond donors (Lipinski definition) is 0. The van der Waals surface area contributed by atoms with Crippen LogP contribution in [-0.4, -0.2) is 26.7 Å². The van der Waals surface area contributed by atoms with Crippen LogP contribution in [0.4, 0.5) is 8.78 Å². The first kappa shape index (κ1) is 21.5. The molecule has 0 aliphatic carbocycles. The van der Waals surface area contributed by atoms with Crippen LogP contribution < -0.4 is 5.56 Å². The van der Waals surface area contributed by atoms with Gasteiger partial charge in [-0.1, -0.05) is 35.7 Å². The quantitative estimate of drug-likeness (QED) is 0.233. The average molecular weight is 457 g/mol. The molecule has 0 atom stereocenters. The average Bonchev–Trinajstić information content (AvgIpc) is 3.53. The summed E-state index contributed by atoms with van der Waals surface area (Å²) < 4.78 is 26.8. The molecule has 1 aromatic heterocycles. The van der Waals surface area contributed by atoms with Crippen molar-refractivity contribution in [2.75, 3.05) is 5.75 Å². The fourth-order valence-electron chi connectivity index (χ4n) is 3.19. The molecule has 2 aromatic carbocycles. The lowest BCUT2D eigenvalue weighted by atomic mass is 10.1. The molecule has 0 spiro atoms. The number of para-hydroxylation sites is 1. The third-order valence-electron chi connectivity index (χ3n) is 4.85. The van der Waals surface area contributed by atoms with Crippen molar-refractivity contribution in [1.82, 2.24) is 9.55 Å². The second-order valence-corrected chi connectivity index (χ2v) is 9.04. The summed E-state index contributed by atoms with van der Waals surface area (Å²) in [7, 11) is 0. The summed E-state index contributed by atoms with van der Waals surface area (Å²) in [5.41, 5.74) is 0.576. The van der Waals surface area contributed by atoms with Crippen molar-refractivity contribution in [3.63, 3.8) is 0 Å². The number of nitrogens with zero attached hydrogens (tertiary/aromatic N) is 4. The number of hydrogen-bond acceptors (Lipinski definition) is 6. The molecule has 0 amide bonds. The number of alkyl halides is 2. The summed E-state index contributed by atoms with van der Waals surface area (Å²) in [5.74, 6) is 0.769. The summed E-state index contributed by atoms with van der Waals surface area (Å²) >= 11 is 1.91. The van der Waals surface area contributed by atoms with Crippen LogP contribution in [0.2, 0.25) is 0 Å². The minimum atomic E-state index is -2.50. The van der Waals surface area contributed by atoms with Crippen LogP contribution in [0.15, 0.2) is 73.6 Å². The van der Waals surface area contributed by atoms with Gasteiger partial charge < -0.3 is 0 Å². The molecule has 4 rings (SSSR count). The van der Waals surface area contributed by atoms with Crippen LogP contribution in [0.5, 0.6) is 0 Å². The number of rotatable bonds is 9. The second kappa shape index (κ2) is 9.20. The molecule has 158 valence electrons. The maximum Gasteiger partial charge on any atom is 0.288 e. The lowest BCUT2D eigenvalue weighted by Crippen LogP contribution is -2.22. The van der Waals surface area contributed by atoms with Gasteiger partial charge in [0.25, 0.3) is 11.3 Å². The maximum atomic E-state index is 13.3. The molecule has 9 heteroatoms. The fourth-order valence-corrected chi connectivity index (χ4v) is 4.78. The predicted octanol–water partition coefficient (Wildman–Crippen LogP) is 5.76. The summed E-state index contributed by atoms with van der Waals surface area (Å²) in [6.07, 6.45) is 7.37. The molecule has 0 bridgehead atoms. The van der Waals surface area contributed by atoms with Gasteiger partial charge in [-0.05, 0) is 36.4 Å². The van der Waals surface area contributed by atoms with E-state index in [2.05, 4.69) is 16.1 Å². The molecule has 3 aromatic rings. The topological polar surface area (TPSA) is 59.6 Å². The van der Waals surface area contributed by atoms with Gasteiger partial charge in [0.2, 0.25) is 0 Å². The fraction of sp³-hybridized carbons (Fsp3) is 0.273.